The first-order valence-electron chi connectivity index (χ1n) is 9.39. The summed E-state index contributed by atoms with van der Waals surface area (Å²) in [4.78, 5) is 12.6. The van der Waals surface area contributed by atoms with E-state index in [0.717, 1.165) is 17.6 Å². The Bertz CT molecular complexity index is 824. The van der Waals surface area contributed by atoms with E-state index in [1.807, 2.05) is 12.1 Å². The zero-order valence-electron chi connectivity index (χ0n) is 17.8. The summed E-state index contributed by atoms with van der Waals surface area (Å²) in [6, 6.07) is 5.51. The summed E-state index contributed by atoms with van der Waals surface area (Å²) in [7, 11) is -3.54. The maximum absolute atomic E-state index is 12.6. The van der Waals surface area contributed by atoms with Gasteiger partial charge in [-0.1, -0.05) is 47.6 Å². The topological polar surface area (TPSA) is 75.7 Å². The van der Waals surface area contributed by atoms with Crippen molar-refractivity contribution in [2.45, 2.75) is 57.8 Å². The van der Waals surface area contributed by atoms with Gasteiger partial charge in [-0.2, -0.15) is 11.8 Å². The molecule has 0 aliphatic carbocycles. The Hall–Kier alpha value is -1.41. The molecule has 1 aromatic rings. The summed E-state index contributed by atoms with van der Waals surface area (Å²) >= 11 is 1.76. The van der Waals surface area contributed by atoms with Crippen LogP contribution in [0, 0.1) is 0 Å². The summed E-state index contributed by atoms with van der Waals surface area (Å²) in [6.45, 7) is 13.0. The van der Waals surface area contributed by atoms with Crippen LogP contribution >= 0.6 is 11.8 Å². The molecule has 0 saturated carbocycles. The summed E-state index contributed by atoms with van der Waals surface area (Å²) in [5.74, 6) is 0.895. The van der Waals surface area contributed by atoms with E-state index in [2.05, 4.69) is 46.9 Å². The molecule has 1 atom stereocenters. The number of carbonyl (C=O) groups excluding carboxylic acids is 1. The third-order valence-electron chi connectivity index (χ3n) is 4.32. The van der Waals surface area contributed by atoms with Crippen LogP contribution < -0.4 is 14.4 Å². The molecule has 0 radical (unpaired) electrons. The molecule has 1 aliphatic rings. The zero-order chi connectivity index (χ0) is 21.3. The summed E-state index contributed by atoms with van der Waals surface area (Å²) in [5.41, 5.74) is 1.37. The molecular formula is C20H32N2O4S2. The van der Waals surface area contributed by atoms with Gasteiger partial charge in [0, 0.05) is 17.0 Å². The highest BCUT2D eigenvalue weighted by Crippen LogP contribution is 2.38. The number of hydrogen-bond acceptors (Lipinski definition) is 5. The van der Waals surface area contributed by atoms with Crippen molar-refractivity contribution in [3.63, 3.8) is 0 Å². The smallest absolute Gasteiger partial charge is 0.263 e. The number of thioether (sulfide) groups is 1. The second kappa shape index (κ2) is 8.14. The minimum atomic E-state index is -3.54. The van der Waals surface area contributed by atoms with E-state index in [1.54, 1.807) is 17.8 Å². The van der Waals surface area contributed by atoms with Gasteiger partial charge in [0.15, 0.2) is 6.10 Å². The number of sulfonamides is 1. The van der Waals surface area contributed by atoms with E-state index in [4.69, 9.17) is 4.74 Å². The molecule has 0 saturated heterocycles. The van der Waals surface area contributed by atoms with Gasteiger partial charge < -0.3 is 10.1 Å². The van der Waals surface area contributed by atoms with Crippen LogP contribution in [0.2, 0.25) is 0 Å². The van der Waals surface area contributed by atoms with E-state index in [9.17, 15) is 13.2 Å². The predicted octanol–water partition coefficient (Wildman–Crippen LogP) is 3.16. The zero-order valence-corrected chi connectivity index (χ0v) is 19.5. The van der Waals surface area contributed by atoms with Gasteiger partial charge in [0.25, 0.3) is 5.91 Å². The predicted molar refractivity (Wildman–Crippen MR) is 117 cm³/mol. The molecule has 1 amide bonds. The van der Waals surface area contributed by atoms with Crippen LogP contribution in [-0.4, -0.2) is 50.3 Å². The Labute approximate surface area is 173 Å². The van der Waals surface area contributed by atoms with Crippen molar-refractivity contribution in [2.24, 2.45) is 0 Å². The fourth-order valence-electron chi connectivity index (χ4n) is 2.81. The highest BCUT2D eigenvalue weighted by atomic mass is 32.2. The van der Waals surface area contributed by atoms with E-state index in [0.29, 0.717) is 18.0 Å². The van der Waals surface area contributed by atoms with Crippen molar-refractivity contribution in [3.05, 3.63) is 23.8 Å². The molecule has 158 valence electrons. The highest BCUT2D eigenvalue weighted by Gasteiger charge is 2.35. The average Bonchev–Trinajstić information content (AvgIpc) is 2.54. The summed E-state index contributed by atoms with van der Waals surface area (Å²) < 4.78 is 32.0. The van der Waals surface area contributed by atoms with Crippen LogP contribution in [0.25, 0.3) is 0 Å². The van der Waals surface area contributed by atoms with Gasteiger partial charge in [0.2, 0.25) is 10.0 Å². The molecular weight excluding hydrogens is 396 g/mol. The summed E-state index contributed by atoms with van der Waals surface area (Å²) in [5, 5.41) is 2.86. The first-order chi connectivity index (χ1) is 12.7. The van der Waals surface area contributed by atoms with E-state index < -0.39 is 16.1 Å². The van der Waals surface area contributed by atoms with Gasteiger partial charge in [0.05, 0.1) is 18.5 Å². The molecule has 1 aliphatic heterocycles. The molecule has 8 heteroatoms. The second-order valence-corrected chi connectivity index (χ2v) is 12.9. The lowest BCUT2D eigenvalue weighted by Gasteiger charge is -2.35. The molecule has 2 rings (SSSR count). The lowest BCUT2D eigenvalue weighted by molar-refractivity contribution is -0.127. The van der Waals surface area contributed by atoms with Crippen molar-refractivity contribution in [3.8, 4) is 5.75 Å². The van der Waals surface area contributed by atoms with Gasteiger partial charge in [-0.25, -0.2) is 8.42 Å². The Kier molecular flexibility index (Phi) is 6.65. The van der Waals surface area contributed by atoms with Crippen molar-refractivity contribution < 1.29 is 17.9 Å². The van der Waals surface area contributed by atoms with E-state index >= 15 is 0 Å². The lowest BCUT2D eigenvalue weighted by Crippen LogP contribution is -2.50. The van der Waals surface area contributed by atoms with Gasteiger partial charge in [-0.3, -0.25) is 9.10 Å². The number of ether oxygens (including phenoxy) is 1. The van der Waals surface area contributed by atoms with Crippen molar-refractivity contribution >= 4 is 33.4 Å². The number of carbonyl (C=O) groups is 1. The number of amides is 1. The van der Waals surface area contributed by atoms with Gasteiger partial charge >= 0.3 is 0 Å². The Morgan fingerprint density at radius 2 is 1.89 bits per heavy atom. The third-order valence-corrected chi connectivity index (χ3v) is 6.74. The molecule has 1 heterocycles. The standard InChI is InChI=1S/C20H32N2O4S2/c1-19(2,3)14-8-9-16-15(12-14)22(28(7,24)25)13-17(26-16)18(23)21-10-11-27-20(4,5)6/h8-9,12,17H,10-11,13H2,1-7H3,(H,21,23). The first-order valence-corrected chi connectivity index (χ1v) is 12.2. The molecule has 0 spiro atoms. The number of fused-ring (bicyclic) bond motifs is 1. The number of hydrogen-bond donors (Lipinski definition) is 1. The van der Waals surface area contributed by atoms with Crippen molar-refractivity contribution in [2.75, 3.05) is 29.4 Å². The van der Waals surface area contributed by atoms with Crippen LogP contribution in [-0.2, 0) is 20.2 Å². The van der Waals surface area contributed by atoms with Crippen LogP contribution in [0.5, 0.6) is 5.75 Å². The van der Waals surface area contributed by atoms with Crippen molar-refractivity contribution in [1.29, 1.82) is 0 Å². The molecule has 1 unspecified atom stereocenters. The molecule has 28 heavy (non-hydrogen) atoms. The minimum absolute atomic E-state index is 0.0301. The van der Waals surface area contributed by atoms with E-state index in [1.165, 1.54) is 4.31 Å². The molecule has 1 N–H and O–H groups in total. The van der Waals surface area contributed by atoms with Crippen LogP contribution in [0.3, 0.4) is 0 Å². The highest BCUT2D eigenvalue weighted by molar-refractivity contribution is 8.00. The van der Waals surface area contributed by atoms with E-state index in [-0.39, 0.29) is 22.6 Å². The number of nitrogens with one attached hydrogen (secondary N) is 1. The molecule has 0 bridgehead atoms. The maximum atomic E-state index is 12.6. The lowest BCUT2D eigenvalue weighted by atomic mass is 9.86. The first kappa shape index (κ1) is 22.9. The molecule has 1 aromatic carbocycles. The number of benzene rings is 1. The van der Waals surface area contributed by atoms with Gasteiger partial charge in [0.1, 0.15) is 5.75 Å². The fourth-order valence-corrected chi connectivity index (χ4v) is 4.54. The number of anilines is 1. The quantitative estimate of drug-likeness (QED) is 0.729. The molecule has 0 aromatic heterocycles. The van der Waals surface area contributed by atoms with Crippen molar-refractivity contribution in [1.82, 2.24) is 5.32 Å². The average molecular weight is 429 g/mol. The largest absolute Gasteiger partial charge is 0.476 e. The maximum Gasteiger partial charge on any atom is 0.263 e. The molecule has 6 nitrogen and oxygen atoms in total. The Balaban J connectivity index is 2.19. The SMILES string of the molecule is CC(C)(C)SCCNC(=O)C1CN(S(C)(=O)=O)c2cc(C(C)(C)C)ccc2O1. The summed E-state index contributed by atoms with van der Waals surface area (Å²) in [6.07, 6.45) is 0.281. The minimum Gasteiger partial charge on any atom is -0.476 e. The molecule has 0 fully saturated rings. The second-order valence-electron chi connectivity index (χ2n) is 9.08. The fraction of sp³-hybridized carbons (Fsp3) is 0.650. The Morgan fingerprint density at radius 3 is 2.43 bits per heavy atom. The van der Waals surface area contributed by atoms with Crippen LogP contribution in [0.4, 0.5) is 5.69 Å². The number of nitrogens with zero attached hydrogens (tertiary/aromatic N) is 1. The monoisotopic (exact) mass is 428 g/mol. The van der Waals surface area contributed by atoms with Gasteiger partial charge in [-0.05, 0) is 23.1 Å². The third kappa shape index (κ3) is 6.04. The Morgan fingerprint density at radius 1 is 1.25 bits per heavy atom. The van der Waals surface area contributed by atoms with Crippen LogP contribution in [0.15, 0.2) is 18.2 Å². The normalized spacial score (nSPS) is 17.7. The number of rotatable bonds is 5. The van der Waals surface area contributed by atoms with Gasteiger partial charge in [-0.15, -0.1) is 0 Å². The van der Waals surface area contributed by atoms with Crippen LogP contribution in [0.1, 0.15) is 47.1 Å².